The van der Waals surface area contributed by atoms with Crippen molar-refractivity contribution in [3.63, 3.8) is 0 Å². The van der Waals surface area contributed by atoms with Crippen molar-refractivity contribution in [2.75, 3.05) is 6.61 Å². The Morgan fingerprint density at radius 1 is 1.16 bits per heavy atom. The van der Waals surface area contributed by atoms with Gasteiger partial charge in [0.15, 0.2) is 0 Å². The topological polar surface area (TPSA) is 44.1 Å². The summed E-state index contributed by atoms with van der Waals surface area (Å²) in [6, 6.07) is 13.2. The number of imidazole rings is 1. The van der Waals surface area contributed by atoms with Gasteiger partial charge in [0.2, 0.25) is 5.82 Å². The fourth-order valence-electron chi connectivity index (χ4n) is 3.45. The fraction of sp³-hybridized carbons (Fsp3) is 0.217. The highest BCUT2D eigenvalue weighted by Gasteiger charge is 2.30. The van der Waals surface area contributed by atoms with Gasteiger partial charge in [-0.05, 0) is 30.0 Å². The van der Waals surface area contributed by atoms with E-state index in [1.165, 1.54) is 23.5 Å². The van der Waals surface area contributed by atoms with Crippen LogP contribution in [-0.4, -0.2) is 22.1 Å². The van der Waals surface area contributed by atoms with Crippen molar-refractivity contribution in [1.29, 1.82) is 0 Å². The molecule has 8 heteroatoms. The van der Waals surface area contributed by atoms with Gasteiger partial charge in [-0.1, -0.05) is 36.4 Å². The second-order valence-electron chi connectivity index (χ2n) is 7.09. The van der Waals surface area contributed by atoms with Crippen LogP contribution in [0, 0.1) is 0 Å². The van der Waals surface area contributed by atoms with Crippen molar-refractivity contribution in [3.8, 4) is 11.3 Å². The number of rotatable bonds is 5. The van der Waals surface area contributed by atoms with Crippen LogP contribution in [0.25, 0.3) is 21.3 Å². The van der Waals surface area contributed by atoms with Gasteiger partial charge in [-0.25, -0.2) is 9.78 Å². The molecule has 4 rings (SSSR count). The molecular formula is C23H19F3N2O2S. The van der Waals surface area contributed by atoms with Crippen molar-refractivity contribution >= 4 is 27.4 Å². The normalized spacial score (nSPS) is 11.8. The lowest BCUT2D eigenvalue weighted by Gasteiger charge is -2.08. The van der Waals surface area contributed by atoms with E-state index in [9.17, 15) is 18.0 Å². The number of carbonyl (C=O) groups excluding carboxylic acids is 1. The van der Waals surface area contributed by atoms with Crippen molar-refractivity contribution in [1.82, 2.24) is 9.55 Å². The highest BCUT2D eigenvalue weighted by atomic mass is 32.1. The number of ether oxygens (including phenoxy) is 1. The maximum Gasteiger partial charge on any atom is 0.416 e. The average molecular weight is 444 g/mol. The quantitative estimate of drug-likeness (QED) is 0.350. The number of hydrogen-bond acceptors (Lipinski definition) is 4. The van der Waals surface area contributed by atoms with E-state index >= 15 is 0 Å². The molecule has 31 heavy (non-hydrogen) atoms. The minimum absolute atomic E-state index is 0.217. The summed E-state index contributed by atoms with van der Waals surface area (Å²) in [7, 11) is 1.73. The summed E-state index contributed by atoms with van der Waals surface area (Å²) >= 11 is 1.51. The Morgan fingerprint density at radius 2 is 1.94 bits per heavy atom. The fourth-order valence-corrected chi connectivity index (χ4v) is 4.66. The lowest BCUT2D eigenvalue weighted by molar-refractivity contribution is -0.137. The molecule has 0 aliphatic carbocycles. The first-order chi connectivity index (χ1) is 14.8. The van der Waals surface area contributed by atoms with Gasteiger partial charge >= 0.3 is 12.1 Å². The smallest absolute Gasteiger partial charge is 0.416 e. The Labute approximate surface area is 180 Å². The molecule has 2 aromatic carbocycles. The minimum Gasteiger partial charge on any atom is -0.460 e. The van der Waals surface area contributed by atoms with E-state index in [1.807, 2.05) is 24.3 Å². The van der Waals surface area contributed by atoms with E-state index in [4.69, 9.17) is 4.74 Å². The third-order valence-corrected chi connectivity index (χ3v) is 6.02. The molecule has 0 aliphatic rings. The van der Waals surface area contributed by atoms with Crippen LogP contribution in [0.3, 0.4) is 0 Å². The Hall–Kier alpha value is -3.13. The Bertz CT molecular complexity index is 1260. The molecule has 2 aromatic heterocycles. The van der Waals surface area contributed by atoms with E-state index in [2.05, 4.69) is 4.98 Å². The SMILES string of the molecule is CCOC(=O)c1nc(-c2cccc3cc(Cc4cccc(C(F)(F)F)c4)sc23)cn1C. The van der Waals surface area contributed by atoms with Crippen LogP contribution in [0.1, 0.15) is 33.5 Å². The van der Waals surface area contributed by atoms with Gasteiger partial charge in [-0.15, -0.1) is 11.3 Å². The van der Waals surface area contributed by atoms with Crippen LogP contribution >= 0.6 is 11.3 Å². The van der Waals surface area contributed by atoms with Gasteiger partial charge < -0.3 is 9.30 Å². The summed E-state index contributed by atoms with van der Waals surface area (Å²) in [5, 5.41) is 0.979. The first kappa shape index (κ1) is 21.1. The third-order valence-electron chi connectivity index (χ3n) is 4.84. The number of nitrogens with zero attached hydrogens (tertiary/aromatic N) is 2. The van der Waals surface area contributed by atoms with Gasteiger partial charge in [-0.2, -0.15) is 13.2 Å². The summed E-state index contributed by atoms with van der Waals surface area (Å²) in [4.78, 5) is 17.5. The largest absolute Gasteiger partial charge is 0.460 e. The van der Waals surface area contributed by atoms with Crippen LogP contribution in [-0.2, 0) is 24.4 Å². The first-order valence-electron chi connectivity index (χ1n) is 9.64. The Balaban J connectivity index is 1.69. The van der Waals surface area contributed by atoms with Crippen LogP contribution in [0.2, 0.25) is 0 Å². The molecule has 0 saturated carbocycles. The Morgan fingerprint density at radius 3 is 2.68 bits per heavy atom. The standard InChI is InChI=1S/C23H19F3N2O2S/c1-3-30-22(29)21-27-19(13-28(21)2)18-9-5-7-15-12-17(31-20(15)18)11-14-6-4-8-16(10-14)23(24,25)26/h4-10,12-13H,3,11H2,1-2H3. The molecule has 160 valence electrons. The van der Waals surface area contributed by atoms with Gasteiger partial charge in [-0.3, -0.25) is 0 Å². The molecule has 0 saturated heterocycles. The predicted octanol–water partition coefficient (Wildman–Crippen LogP) is 6.09. The maximum absolute atomic E-state index is 13.0. The number of fused-ring (bicyclic) bond motifs is 1. The highest BCUT2D eigenvalue weighted by molar-refractivity contribution is 7.19. The third kappa shape index (κ3) is 4.34. The molecule has 4 nitrogen and oxygen atoms in total. The lowest BCUT2D eigenvalue weighted by Crippen LogP contribution is -2.10. The number of hydrogen-bond donors (Lipinski definition) is 0. The number of aryl methyl sites for hydroxylation is 1. The molecule has 4 aromatic rings. The Kier molecular flexibility index (Phi) is 5.58. The van der Waals surface area contributed by atoms with Gasteiger partial charge in [0.25, 0.3) is 0 Å². The van der Waals surface area contributed by atoms with Crippen molar-refractivity contribution in [3.05, 3.63) is 76.6 Å². The zero-order valence-corrected chi connectivity index (χ0v) is 17.7. The molecule has 0 spiro atoms. The van der Waals surface area contributed by atoms with Gasteiger partial charge in [0, 0.05) is 34.8 Å². The van der Waals surface area contributed by atoms with E-state index < -0.39 is 17.7 Å². The zero-order chi connectivity index (χ0) is 22.2. The molecule has 0 unspecified atom stereocenters. The number of aromatic nitrogens is 2. The predicted molar refractivity (Wildman–Crippen MR) is 114 cm³/mol. The summed E-state index contributed by atoms with van der Waals surface area (Å²) in [5.74, 6) is -0.269. The first-order valence-corrected chi connectivity index (χ1v) is 10.5. The number of thiophene rings is 1. The van der Waals surface area contributed by atoms with Crippen LogP contribution in [0.15, 0.2) is 54.7 Å². The van der Waals surface area contributed by atoms with Crippen molar-refractivity contribution in [2.45, 2.75) is 19.5 Å². The summed E-state index contributed by atoms with van der Waals surface area (Å²) in [6.07, 6.45) is -2.19. The average Bonchev–Trinajstić information content (AvgIpc) is 3.30. The van der Waals surface area contributed by atoms with Crippen LogP contribution < -0.4 is 0 Å². The zero-order valence-electron chi connectivity index (χ0n) is 16.9. The van der Waals surface area contributed by atoms with E-state index in [1.54, 1.807) is 30.8 Å². The van der Waals surface area contributed by atoms with Crippen LogP contribution in [0.5, 0.6) is 0 Å². The molecule has 0 N–H and O–H groups in total. The molecule has 0 radical (unpaired) electrons. The number of benzene rings is 2. The number of alkyl halides is 3. The van der Waals surface area contributed by atoms with Crippen LogP contribution in [0.4, 0.5) is 13.2 Å². The van der Waals surface area contributed by atoms with E-state index in [-0.39, 0.29) is 12.4 Å². The summed E-state index contributed by atoms with van der Waals surface area (Å²) in [6.45, 7) is 2.00. The number of esters is 1. The molecule has 0 bridgehead atoms. The minimum atomic E-state index is -4.36. The maximum atomic E-state index is 13.0. The summed E-state index contributed by atoms with van der Waals surface area (Å²) in [5.41, 5.74) is 1.46. The molecule has 2 heterocycles. The molecule has 0 atom stereocenters. The molecular weight excluding hydrogens is 425 g/mol. The molecule has 0 fully saturated rings. The lowest BCUT2D eigenvalue weighted by atomic mass is 10.1. The van der Waals surface area contributed by atoms with Crippen molar-refractivity contribution in [2.24, 2.45) is 7.05 Å². The van der Waals surface area contributed by atoms with E-state index in [0.717, 1.165) is 26.6 Å². The molecule has 0 amide bonds. The van der Waals surface area contributed by atoms with Crippen molar-refractivity contribution < 1.29 is 22.7 Å². The number of carbonyl (C=O) groups is 1. The summed E-state index contributed by atoms with van der Waals surface area (Å²) < 4.78 is 46.7. The van der Waals surface area contributed by atoms with Gasteiger partial charge in [0.1, 0.15) is 0 Å². The second-order valence-corrected chi connectivity index (χ2v) is 8.23. The number of halogens is 3. The van der Waals surface area contributed by atoms with Gasteiger partial charge in [0.05, 0.1) is 17.9 Å². The second kappa shape index (κ2) is 8.19. The van der Waals surface area contributed by atoms with E-state index in [0.29, 0.717) is 17.7 Å². The monoisotopic (exact) mass is 444 g/mol. The molecule has 0 aliphatic heterocycles. The highest BCUT2D eigenvalue weighted by Crippen LogP contribution is 2.36.